The minimum absolute atomic E-state index is 0.0503. The van der Waals surface area contributed by atoms with Gasteiger partial charge in [0, 0.05) is 18.8 Å². The van der Waals surface area contributed by atoms with Gasteiger partial charge < -0.3 is 10.1 Å². The zero-order valence-electron chi connectivity index (χ0n) is 12.0. The van der Waals surface area contributed by atoms with E-state index < -0.39 is 10.0 Å². The van der Waals surface area contributed by atoms with Crippen molar-refractivity contribution < 1.29 is 17.9 Å². The first kappa shape index (κ1) is 15.8. The van der Waals surface area contributed by atoms with Crippen molar-refractivity contribution in [1.29, 1.82) is 0 Å². The summed E-state index contributed by atoms with van der Waals surface area (Å²) in [6.07, 6.45) is 1.46. The van der Waals surface area contributed by atoms with Gasteiger partial charge in [-0.05, 0) is 36.4 Å². The van der Waals surface area contributed by atoms with Gasteiger partial charge in [-0.3, -0.25) is 9.52 Å². The van der Waals surface area contributed by atoms with Crippen LogP contribution in [0.2, 0.25) is 0 Å². The second kappa shape index (κ2) is 6.44. The largest absolute Gasteiger partial charge is 0.493 e. The number of carbonyl (C=O) groups excluding carboxylic acids is 1. The van der Waals surface area contributed by atoms with E-state index in [1.54, 1.807) is 12.1 Å². The molecule has 0 atom stereocenters. The molecule has 1 aromatic heterocycles. The highest BCUT2D eigenvalue weighted by molar-refractivity contribution is 7.92. The summed E-state index contributed by atoms with van der Waals surface area (Å²) in [7, 11) is -2.37. The molecular formula is C14H15N3O4S. The van der Waals surface area contributed by atoms with Crippen molar-refractivity contribution in [3.63, 3.8) is 0 Å². The Hall–Kier alpha value is -2.61. The van der Waals surface area contributed by atoms with Crippen molar-refractivity contribution in [3.8, 4) is 5.75 Å². The second-order valence-electron chi connectivity index (χ2n) is 4.37. The molecule has 0 fully saturated rings. The summed E-state index contributed by atoms with van der Waals surface area (Å²) in [6, 6.07) is 9.03. The molecule has 22 heavy (non-hydrogen) atoms. The lowest BCUT2D eigenvalue weighted by Gasteiger charge is -2.11. The van der Waals surface area contributed by atoms with Crippen LogP contribution in [0.3, 0.4) is 0 Å². The second-order valence-corrected chi connectivity index (χ2v) is 6.05. The van der Waals surface area contributed by atoms with Crippen LogP contribution in [-0.4, -0.2) is 26.4 Å². The molecule has 1 heterocycles. The van der Waals surface area contributed by atoms with Crippen LogP contribution in [0.1, 0.15) is 6.92 Å². The Kier molecular flexibility index (Phi) is 4.62. The first-order chi connectivity index (χ1) is 10.4. The van der Waals surface area contributed by atoms with E-state index in [1.807, 2.05) is 0 Å². The fraction of sp³-hybridized carbons (Fsp3) is 0.143. The number of rotatable bonds is 5. The number of anilines is 2. The van der Waals surface area contributed by atoms with Crippen molar-refractivity contribution >= 4 is 27.4 Å². The predicted molar refractivity (Wildman–Crippen MR) is 82.3 cm³/mol. The zero-order chi connectivity index (χ0) is 16.2. The average molecular weight is 321 g/mol. The lowest BCUT2D eigenvalue weighted by Crippen LogP contribution is -2.14. The van der Waals surface area contributed by atoms with Crippen LogP contribution in [0, 0.1) is 0 Å². The normalized spacial score (nSPS) is 10.8. The van der Waals surface area contributed by atoms with E-state index >= 15 is 0 Å². The highest BCUT2D eigenvalue weighted by Gasteiger charge is 2.17. The first-order valence-corrected chi connectivity index (χ1v) is 7.80. The fourth-order valence-electron chi connectivity index (χ4n) is 1.74. The fourth-order valence-corrected chi connectivity index (χ4v) is 2.76. The molecule has 116 valence electrons. The Morgan fingerprint density at radius 1 is 1.18 bits per heavy atom. The van der Waals surface area contributed by atoms with Crippen LogP contribution in [0.4, 0.5) is 11.5 Å². The topological polar surface area (TPSA) is 97.4 Å². The van der Waals surface area contributed by atoms with E-state index in [4.69, 9.17) is 4.74 Å². The van der Waals surface area contributed by atoms with Gasteiger partial charge in [-0.25, -0.2) is 13.4 Å². The van der Waals surface area contributed by atoms with Gasteiger partial charge in [0.05, 0.1) is 12.0 Å². The molecule has 1 amide bonds. The zero-order valence-corrected chi connectivity index (χ0v) is 12.8. The van der Waals surface area contributed by atoms with Crippen LogP contribution < -0.4 is 14.8 Å². The third-order valence-electron chi connectivity index (χ3n) is 2.71. The molecule has 0 aliphatic rings. The number of methoxy groups -OCH3 is 1. The molecule has 2 N–H and O–H groups in total. The number of hydrogen-bond acceptors (Lipinski definition) is 5. The highest BCUT2D eigenvalue weighted by atomic mass is 32.2. The lowest BCUT2D eigenvalue weighted by atomic mass is 10.3. The van der Waals surface area contributed by atoms with Gasteiger partial charge in [0.15, 0.2) is 11.6 Å². The van der Waals surface area contributed by atoms with Gasteiger partial charge in [-0.15, -0.1) is 0 Å². The maximum Gasteiger partial charge on any atom is 0.263 e. The van der Waals surface area contributed by atoms with E-state index in [9.17, 15) is 13.2 Å². The Balaban J connectivity index is 2.25. The summed E-state index contributed by atoms with van der Waals surface area (Å²) in [5, 5.41) is 2.56. The summed E-state index contributed by atoms with van der Waals surface area (Å²) >= 11 is 0. The predicted octanol–water partition coefficient (Wildman–Crippen LogP) is 1.85. The summed E-state index contributed by atoms with van der Waals surface area (Å²) in [6.45, 7) is 1.37. The molecule has 2 rings (SSSR count). The molecule has 0 radical (unpaired) electrons. The number of benzene rings is 1. The highest BCUT2D eigenvalue weighted by Crippen LogP contribution is 2.24. The maximum absolute atomic E-state index is 12.3. The molecule has 0 spiro atoms. The van der Waals surface area contributed by atoms with Crippen LogP contribution in [0.15, 0.2) is 47.5 Å². The monoisotopic (exact) mass is 321 g/mol. The Bertz CT molecular complexity index is 773. The molecule has 0 saturated carbocycles. The molecule has 0 saturated heterocycles. The smallest absolute Gasteiger partial charge is 0.263 e. The number of sulfonamides is 1. The van der Waals surface area contributed by atoms with Crippen LogP contribution in [0.5, 0.6) is 5.75 Å². The number of carbonyl (C=O) groups is 1. The molecule has 8 heteroatoms. The third kappa shape index (κ3) is 3.73. The van der Waals surface area contributed by atoms with E-state index in [-0.39, 0.29) is 16.6 Å². The number of ether oxygens (including phenoxy) is 1. The molecule has 0 bridgehead atoms. The SMILES string of the molecule is COc1cccnc1NS(=O)(=O)c1ccc(NC(C)=O)cc1. The van der Waals surface area contributed by atoms with E-state index in [0.717, 1.165) is 0 Å². The summed E-state index contributed by atoms with van der Waals surface area (Å²) in [5.41, 5.74) is 0.516. The summed E-state index contributed by atoms with van der Waals surface area (Å²) in [4.78, 5) is 14.9. The van der Waals surface area contributed by atoms with Gasteiger partial charge in [0.2, 0.25) is 5.91 Å². The van der Waals surface area contributed by atoms with Crippen LogP contribution >= 0.6 is 0 Å². The van der Waals surface area contributed by atoms with Crippen molar-refractivity contribution in [1.82, 2.24) is 4.98 Å². The molecule has 0 aliphatic carbocycles. The molecule has 7 nitrogen and oxygen atoms in total. The van der Waals surface area contributed by atoms with Crippen molar-refractivity contribution in [2.45, 2.75) is 11.8 Å². The molecule has 1 aromatic carbocycles. The number of amides is 1. The lowest BCUT2D eigenvalue weighted by molar-refractivity contribution is -0.114. The van der Waals surface area contributed by atoms with Crippen molar-refractivity contribution in [2.75, 3.05) is 17.1 Å². The Morgan fingerprint density at radius 3 is 2.45 bits per heavy atom. The average Bonchev–Trinajstić information content (AvgIpc) is 2.47. The summed E-state index contributed by atoms with van der Waals surface area (Å²) < 4.78 is 32.0. The Morgan fingerprint density at radius 2 is 1.86 bits per heavy atom. The molecule has 2 aromatic rings. The van der Waals surface area contributed by atoms with Crippen LogP contribution in [-0.2, 0) is 14.8 Å². The van der Waals surface area contributed by atoms with Crippen LogP contribution in [0.25, 0.3) is 0 Å². The third-order valence-corrected chi connectivity index (χ3v) is 4.06. The summed E-state index contributed by atoms with van der Waals surface area (Å²) in [5.74, 6) is 0.198. The quantitative estimate of drug-likeness (QED) is 0.876. The number of hydrogen-bond donors (Lipinski definition) is 2. The number of aromatic nitrogens is 1. The van der Waals surface area contributed by atoms with E-state index in [1.165, 1.54) is 44.5 Å². The van der Waals surface area contributed by atoms with Gasteiger partial charge in [-0.1, -0.05) is 0 Å². The van der Waals surface area contributed by atoms with Crippen molar-refractivity contribution in [2.24, 2.45) is 0 Å². The first-order valence-electron chi connectivity index (χ1n) is 6.32. The molecule has 0 aliphatic heterocycles. The van der Waals surface area contributed by atoms with Gasteiger partial charge in [0.1, 0.15) is 0 Å². The minimum atomic E-state index is -3.80. The number of pyridine rings is 1. The number of nitrogens with one attached hydrogen (secondary N) is 2. The Labute approximate surface area is 128 Å². The molecular weight excluding hydrogens is 306 g/mol. The van der Waals surface area contributed by atoms with Gasteiger partial charge >= 0.3 is 0 Å². The maximum atomic E-state index is 12.3. The van der Waals surface area contributed by atoms with Crippen molar-refractivity contribution in [3.05, 3.63) is 42.6 Å². The van der Waals surface area contributed by atoms with Gasteiger partial charge in [0.25, 0.3) is 10.0 Å². The molecule has 0 unspecified atom stereocenters. The number of nitrogens with zero attached hydrogens (tertiary/aromatic N) is 1. The standard InChI is InChI=1S/C14H15N3O4S/c1-10(18)16-11-5-7-12(8-6-11)22(19,20)17-14-13(21-2)4-3-9-15-14/h3-9H,1-2H3,(H,15,17)(H,16,18). The minimum Gasteiger partial charge on any atom is -0.493 e. The van der Waals surface area contributed by atoms with E-state index in [2.05, 4.69) is 15.0 Å². The van der Waals surface area contributed by atoms with Gasteiger partial charge in [-0.2, -0.15) is 0 Å². The van der Waals surface area contributed by atoms with E-state index in [0.29, 0.717) is 11.4 Å².